The van der Waals surface area contributed by atoms with Crippen LogP contribution in [0.3, 0.4) is 0 Å². The molecule has 0 aromatic heterocycles. The number of nitrogens with one attached hydrogen (secondary N) is 1. The number of nitrogens with zero attached hydrogens (tertiary/aromatic N) is 1. The molecule has 0 heterocycles. The lowest BCUT2D eigenvalue weighted by Gasteiger charge is -2.21. The summed E-state index contributed by atoms with van der Waals surface area (Å²) >= 11 is 5.84. The zero-order valence-electron chi connectivity index (χ0n) is 16.9. The first-order valence-corrected chi connectivity index (χ1v) is 11.4. The van der Waals surface area contributed by atoms with E-state index in [-0.39, 0.29) is 10.8 Å². The standard InChI is InChI=1S/C21H27ClN2O4S/c1-4-14-24(15-5-2)29(26,27)20-12-8-18(9-13-20)23-21(25)16(3)28-19-10-6-17(22)7-11-19/h6-13,16H,4-5,14-15H2,1-3H3,(H,23,25). The van der Waals surface area contributed by atoms with Crippen LogP contribution < -0.4 is 10.1 Å². The van der Waals surface area contributed by atoms with Gasteiger partial charge in [0.15, 0.2) is 6.10 Å². The van der Waals surface area contributed by atoms with Crippen LogP contribution in [-0.2, 0) is 14.8 Å². The highest BCUT2D eigenvalue weighted by molar-refractivity contribution is 7.89. The quantitative estimate of drug-likeness (QED) is 0.590. The highest BCUT2D eigenvalue weighted by Gasteiger charge is 2.23. The van der Waals surface area contributed by atoms with E-state index < -0.39 is 16.1 Å². The fourth-order valence-corrected chi connectivity index (χ4v) is 4.47. The lowest BCUT2D eigenvalue weighted by Crippen LogP contribution is -2.32. The Balaban J connectivity index is 2.03. The molecule has 1 atom stereocenters. The summed E-state index contributed by atoms with van der Waals surface area (Å²) in [6.07, 6.45) is 0.766. The van der Waals surface area contributed by atoms with Crippen LogP contribution in [0.15, 0.2) is 53.4 Å². The van der Waals surface area contributed by atoms with Crippen LogP contribution in [0.25, 0.3) is 0 Å². The molecular weight excluding hydrogens is 412 g/mol. The van der Waals surface area contributed by atoms with E-state index in [0.29, 0.717) is 29.5 Å². The number of ether oxygens (including phenoxy) is 1. The van der Waals surface area contributed by atoms with Crippen molar-refractivity contribution in [1.82, 2.24) is 4.31 Å². The molecule has 1 N–H and O–H groups in total. The van der Waals surface area contributed by atoms with E-state index in [1.165, 1.54) is 16.4 Å². The van der Waals surface area contributed by atoms with Gasteiger partial charge in [-0.25, -0.2) is 8.42 Å². The molecule has 158 valence electrons. The summed E-state index contributed by atoms with van der Waals surface area (Å²) in [7, 11) is -3.55. The lowest BCUT2D eigenvalue weighted by molar-refractivity contribution is -0.122. The summed E-state index contributed by atoms with van der Waals surface area (Å²) < 4.78 is 32.7. The Morgan fingerprint density at radius 2 is 1.59 bits per heavy atom. The van der Waals surface area contributed by atoms with Crippen molar-refractivity contribution in [1.29, 1.82) is 0 Å². The topological polar surface area (TPSA) is 75.7 Å². The highest BCUT2D eigenvalue weighted by atomic mass is 35.5. The number of rotatable bonds is 10. The van der Waals surface area contributed by atoms with E-state index in [2.05, 4.69) is 5.32 Å². The molecule has 0 saturated carbocycles. The van der Waals surface area contributed by atoms with Gasteiger partial charge in [0.1, 0.15) is 5.75 Å². The summed E-state index contributed by atoms with van der Waals surface area (Å²) in [5, 5.41) is 3.32. The van der Waals surface area contributed by atoms with Crippen molar-refractivity contribution in [3.63, 3.8) is 0 Å². The molecule has 1 amide bonds. The van der Waals surface area contributed by atoms with Crippen molar-refractivity contribution in [2.24, 2.45) is 0 Å². The van der Waals surface area contributed by atoms with Gasteiger partial charge in [-0.1, -0.05) is 25.4 Å². The minimum absolute atomic E-state index is 0.211. The summed E-state index contributed by atoms with van der Waals surface area (Å²) in [5.74, 6) is 0.194. The first-order valence-electron chi connectivity index (χ1n) is 9.61. The first-order chi connectivity index (χ1) is 13.8. The largest absolute Gasteiger partial charge is 0.481 e. The number of hydrogen-bond donors (Lipinski definition) is 1. The maximum Gasteiger partial charge on any atom is 0.265 e. The molecule has 0 aliphatic carbocycles. The number of anilines is 1. The Hall–Kier alpha value is -2.09. The van der Waals surface area contributed by atoms with E-state index in [4.69, 9.17) is 16.3 Å². The van der Waals surface area contributed by atoms with Gasteiger partial charge in [-0.05, 0) is 68.3 Å². The number of carbonyl (C=O) groups excluding carboxylic acids is 1. The van der Waals surface area contributed by atoms with Gasteiger partial charge in [0, 0.05) is 23.8 Å². The summed E-state index contributed by atoms with van der Waals surface area (Å²) in [4.78, 5) is 12.6. The predicted molar refractivity (Wildman–Crippen MR) is 116 cm³/mol. The number of benzene rings is 2. The summed E-state index contributed by atoms with van der Waals surface area (Å²) in [6.45, 7) is 6.49. The van der Waals surface area contributed by atoms with Crippen LogP contribution in [0.1, 0.15) is 33.6 Å². The Bertz CT molecular complexity index is 893. The summed E-state index contributed by atoms with van der Waals surface area (Å²) in [6, 6.07) is 12.9. The first kappa shape index (κ1) is 23.2. The maximum absolute atomic E-state index is 12.8. The van der Waals surface area contributed by atoms with Gasteiger partial charge in [0.2, 0.25) is 10.0 Å². The fraction of sp³-hybridized carbons (Fsp3) is 0.381. The van der Waals surface area contributed by atoms with Gasteiger partial charge in [-0.15, -0.1) is 0 Å². The van der Waals surface area contributed by atoms with Crippen molar-refractivity contribution in [2.45, 2.75) is 44.6 Å². The van der Waals surface area contributed by atoms with Gasteiger partial charge < -0.3 is 10.1 Å². The van der Waals surface area contributed by atoms with Gasteiger partial charge in [0.25, 0.3) is 5.91 Å². The van der Waals surface area contributed by atoms with Gasteiger partial charge in [-0.2, -0.15) is 4.31 Å². The predicted octanol–water partition coefficient (Wildman–Crippen LogP) is 4.56. The third kappa shape index (κ3) is 6.45. The molecule has 0 radical (unpaired) electrons. The van der Waals surface area contributed by atoms with Gasteiger partial charge >= 0.3 is 0 Å². The Morgan fingerprint density at radius 3 is 2.10 bits per heavy atom. The van der Waals surface area contributed by atoms with Crippen molar-refractivity contribution in [3.05, 3.63) is 53.6 Å². The molecule has 0 fully saturated rings. The SMILES string of the molecule is CCCN(CCC)S(=O)(=O)c1ccc(NC(=O)C(C)Oc2ccc(Cl)cc2)cc1. The average molecular weight is 439 g/mol. The number of sulfonamides is 1. The maximum atomic E-state index is 12.8. The van der Waals surface area contributed by atoms with E-state index in [9.17, 15) is 13.2 Å². The smallest absolute Gasteiger partial charge is 0.265 e. The van der Waals surface area contributed by atoms with Gasteiger partial charge in [0.05, 0.1) is 4.90 Å². The second-order valence-corrected chi connectivity index (χ2v) is 9.01. The second kappa shape index (κ2) is 10.6. The number of hydrogen-bond acceptors (Lipinski definition) is 4. The monoisotopic (exact) mass is 438 g/mol. The molecule has 0 aliphatic rings. The Morgan fingerprint density at radius 1 is 1.03 bits per heavy atom. The Labute approximate surface area is 177 Å². The third-order valence-corrected chi connectivity index (χ3v) is 6.37. The van der Waals surface area contributed by atoms with E-state index >= 15 is 0 Å². The minimum atomic E-state index is -3.55. The van der Waals surface area contributed by atoms with E-state index in [1.54, 1.807) is 43.3 Å². The van der Waals surface area contributed by atoms with Crippen LogP contribution in [-0.4, -0.2) is 37.8 Å². The molecule has 0 saturated heterocycles. The van der Waals surface area contributed by atoms with Crippen molar-refractivity contribution in [2.75, 3.05) is 18.4 Å². The zero-order chi connectivity index (χ0) is 21.4. The average Bonchev–Trinajstić information content (AvgIpc) is 2.70. The number of amides is 1. The molecule has 2 aromatic carbocycles. The van der Waals surface area contributed by atoms with Crippen LogP contribution in [0.4, 0.5) is 5.69 Å². The molecule has 6 nitrogen and oxygen atoms in total. The van der Waals surface area contributed by atoms with Crippen LogP contribution in [0.5, 0.6) is 5.75 Å². The molecule has 0 spiro atoms. The fourth-order valence-electron chi connectivity index (χ4n) is 2.72. The van der Waals surface area contributed by atoms with Crippen molar-refractivity contribution >= 4 is 33.2 Å². The molecule has 2 rings (SSSR count). The van der Waals surface area contributed by atoms with E-state index in [0.717, 1.165) is 12.8 Å². The molecule has 2 aromatic rings. The number of carbonyl (C=O) groups is 1. The molecular formula is C21H27ClN2O4S. The van der Waals surface area contributed by atoms with Crippen molar-refractivity contribution < 1.29 is 17.9 Å². The normalized spacial score (nSPS) is 12.6. The molecule has 29 heavy (non-hydrogen) atoms. The lowest BCUT2D eigenvalue weighted by atomic mass is 10.3. The zero-order valence-corrected chi connectivity index (χ0v) is 18.5. The van der Waals surface area contributed by atoms with Crippen LogP contribution >= 0.6 is 11.6 Å². The van der Waals surface area contributed by atoms with Crippen molar-refractivity contribution in [3.8, 4) is 5.75 Å². The number of halogens is 1. The second-order valence-electron chi connectivity index (χ2n) is 6.63. The van der Waals surface area contributed by atoms with E-state index in [1.807, 2.05) is 13.8 Å². The Kier molecular flexibility index (Phi) is 8.49. The summed E-state index contributed by atoms with van der Waals surface area (Å²) in [5.41, 5.74) is 0.498. The molecule has 0 bridgehead atoms. The molecule has 8 heteroatoms. The van der Waals surface area contributed by atoms with Gasteiger partial charge in [-0.3, -0.25) is 4.79 Å². The molecule has 0 aliphatic heterocycles. The minimum Gasteiger partial charge on any atom is -0.481 e. The third-order valence-electron chi connectivity index (χ3n) is 4.20. The molecule has 1 unspecified atom stereocenters. The highest BCUT2D eigenvalue weighted by Crippen LogP contribution is 2.20. The van der Waals surface area contributed by atoms with Crippen LogP contribution in [0.2, 0.25) is 5.02 Å². The van der Waals surface area contributed by atoms with Crippen LogP contribution in [0, 0.1) is 0 Å².